The molecule has 0 aliphatic carbocycles. The predicted molar refractivity (Wildman–Crippen MR) is 69.7 cm³/mol. The molecular weight excluding hydrogens is 286 g/mol. The van der Waals surface area contributed by atoms with Gasteiger partial charge in [-0.1, -0.05) is 22.4 Å². The first-order chi connectivity index (χ1) is 7.83. The lowest BCUT2D eigenvalue weighted by Crippen LogP contribution is -2.04. The van der Waals surface area contributed by atoms with Gasteiger partial charge in [-0.05, 0) is 30.7 Å². The van der Waals surface area contributed by atoms with Gasteiger partial charge in [0, 0.05) is 10.7 Å². The van der Waals surface area contributed by atoms with Gasteiger partial charge in [0.25, 0.3) is 0 Å². The Hall–Kier alpha value is -0.550. The summed E-state index contributed by atoms with van der Waals surface area (Å²) < 4.78 is 2.91. The first-order valence-corrected chi connectivity index (χ1v) is 7.30. The van der Waals surface area contributed by atoms with Gasteiger partial charge >= 0.3 is 0 Å². The second-order valence-corrected chi connectivity index (χ2v) is 6.20. The van der Waals surface area contributed by atoms with E-state index >= 15 is 0 Å². The smallest absolute Gasteiger partial charge is 0.164 e. The van der Waals surface area contributed by atoms with Crippen molar-refractivity contribution in [2.75, 3.05) is 5.75 Å². The Morgan fingerprint density at radius 2 is 2.38 bits per heavy atom. The fourth-order valence-corrected chi connectivity index (χ4v) is 3.52. The minimum atomic E-state index is 0.493. The highest BCUT2D eigenvalue weighted by atomic mass is 79.9. The molecule has 1 fully saturated rings. The summed E-state index contributed by atoms with van der Waals surface area (Å²) in [6.45, 7) is 0. The van der Waals surface area contributed by atoms with Crippen molar-refractivity contribution >= 4 is 33.3 Å². The van der Waals surface area contributed by atoms with E-state index in [1.165, 1.54) is 25.0 Å². The number of fused-ring (bicyclic) bond motifs is 1. The largest absolute Gasteiger partial charge is 0.221 e. The fourth-order valence-electron chi connectivity index (χ4n) is 1.95. The van der Waals surface area contributed by atoms with Gasteiger partial charge in [0.05, 0.1) is 5.25 Å². The zero-order valence-electron chi connectivity index (χ0n) is 8.77. The molecular formula is C11H12BrN3S. The zero-order valence-corrected chi connectivity index (χ0v) is 11.2. The first-order valence-electron chi connectivity index (χ1n) is 5.46. The van der Waals surface area contributed by atoms with E-state index in [2.05, 4.69) is 26.0 Å². The van der Waals surface area contributed by atoms with Crippen LogP contribution in [0.4, 0.5) is 0 Å². The highest BCUT2D eigenvalue weighted by Gasteiger charge is 2.20. The topological polar surface area (TPSA) is 30.2 Å². The van der Waals surface area contributed by atoms with Crippen LogP contribution in [0.25, 0.3) is 5.65 Å². The molecule has 0 radical (unpaired) electrons. The van der Waals surface area contributed by atoms with Gasteiger partial charge in [-0.2, -0.15) is 16.9 Å². The van der Waals surface area contributed by atoms with Crippen molar-refractivity contribution < 1.29 is 0 Å². The van der Waals surface area contributed by atoms with Crippen LogP contribution in [-0.2, 0) is 0 Å². The van der Waals surface area contributed by atoms with Crippen LogP contribution in [0.15, 0.2) is 22.8 Å². The Morgan fingerprint density at radius 3 is 3.19 bits per heavy atom. The van der Waals surface area contributed by atoms with E-state index in [4.69, 9.17) is 0 Å². The molecule has 84 valence electrons. The number of aromatic nitrogens is 3. The number of halogens is 1. The van der Waals surface area contributed by atoms with E-state index in [-0.39, 0.29) is 0 Å². The van der Waals surface area contributed by atoms with Crippen molar-refractivity contribution in [2.45, 2.75) is 24.5 Å². The van der Waals surface area contributed by atoms with Gasteiger partial charge in [0.15, 0.2) is 11.5 Å². The normalized spacial score (nSPS) is 21.4. The molecule has 1 aliphatic rings. The quantitative estimate of drug-likeness (QED) is 0.808. The Bertz CT molecular complexity index is 505. The second kappa shape index (κ2) is 4.37. The predicted octanol–water partition coefficient (Wildman–Crippen LogP) is 3.45. The summed E-state index contributed by atoms with van der Waals surface area (Å²) in [5.41, 5.74) is 0.926. The summed E-state index contributed by atoms with van der Waals surface area (Å²) in [4.78, 5) is 4.60. The second-order valence-electron chi connectivity index (χ2n) is 3.97. The monoisotopic (exact) mass is 297 g/mol. The average Bonchev–Trinajstić information content (AvgIpc) is 2.73. The molecule has 16 heavy (non-hydrogen) atoms. The van der Waals surface area contributed by atoms with E-state index in [9.17, 15) is 0 Å². The summed E-state index contributed by atoms with van der Waals surface area (Å²) in [5.74, 6) is 2.23. The summed E-state index contributed by atoms with van der Waals surface area (Å²) in [5, 5.41) is 5.03. The van der Waals surface area contributed by atoms with Crippen LogP contribution >= 0.6 is 27.7 Å². The molecule has 2 aromatic rings. The Morgan fingerprint density at radius 1 is 1.44 bits per heavy atom. The number of hydrogen-bond acceptors (Lipinski definition) is 3. The van der Waals surface area contributed by atoms with E-state index in [0.29, 0.717) is 5.25 Å². The molecule has 0 amide bonds. The highest BCUT2D eigenvalue weighted by Crippen LogP contribution is 2.36. The van der Waals surface area contributed by atoms with Gasteiger partial charge in [0.1, 0.15) is 0 Å². The number of thioether (sulfide) groups is 1. The van der Waals surface area contributed by atoms with Crippen molar-refractivity contribution in [1.29, 1.82) is 0 Å². The van der Waals surface area contributed by atoms with Crippen LogP contribution in [0.3, 0.4) is 0 Å². The van der Waals surface area contributed by atoms with Crippen molar-refractivity contribution in [3.05, 3.63) is 28.6 Å². The Labute approximate surface area is 107 Å². The van der Waals surface area contributed by atoms with Crippen LogP contribution in [-0.4, -0.2) is 20.4 Å². The molecule has 2 aromatic heterocycles. The lowest BCUT2D eigenvalue weighted by atomic mass is 10.2. The van der Waals surface area contributed by atoms with Crippen molar-refractivity contribution in [3.8, 4) is 0 Å². The summed E-state index contributed by atoms with van der Waals surface area (Å²) in [6, 6.07) is 3.99. The SMILES string of the molecule is Brc1ccn2nc(C3CCCCS3)nc2c1. The molecule has 1 saturated heterocycles. The molecule has 1 aliphatic heterocycles. The molecule has 3 rings (SSSR count). The van der Waals surface area contributed by atoms with Gasteiger partial charge in [-0.25, -0.2) is 9.50 Å². The highest BCUT2D eigenvalue weighted by molar-refractivity contribution is 9.10. The summed E-state index contributed by atoms with van der Waals surface area (Å²) in [7, 11) is 0. The minimum Gasteiger partial charge on any atom is -0.221 e. The molecule has 0 spiro atoms. The van der Waals surface area contributed by atoms with E-state index in [0.717, 1.165) is 15.9 Å². The van der Waals surface area contributed by atoms with Crippen LogP contribution in [0.2, 0.25) is 0 Å². The lowest BCUT2D eigenvalue weighted by molar-refractivity contribution is 0.661. The fraction of sp³-hybridized carbons (Fsp3) is 0.455. The third kappa shape index (κ3) is 1.98. The third-order valence-corrected chi connectivity index (χ3v) is 4.65. The van der Waals surface area contributed by atoms with Crippen LogP contribution in [0, 0.1) is 0 Å². The van der Waals surface area contributed by atoms with Crippen LogP contribution in [0.5, 0.6) is 0 Å². The Kier molecular flexibility index (Phi) is 2.90. The van der Waals surface area contributed by atoms with Gasteiger partial charge in [-0.15, -0.1) is 0 Å². The van der Waals surface area contributed by atoms with Crippen molar-refractivity contribution in [1.82, 2.24) is 14.6 Å². The molecule has 3 nitrogen and oxygen atoms in total. The van der Waals surface area contributed by atoms with E-state index < -0.39 is 0 Å². The third-order valence-electron chi connectivity index (χ3n) is 2.78. The van der Waals surface area contributed by atoms with Gasteiger partial charge < -0.3 is 0 Å². The molecule has 0 N–H and O–H groups in total. The molecule has 0 saturated carbocycles. The molecule has 0 aromatic carbocycles. The standard InChI is InChI=1S/C11H12BrN3S/c12-8-4-5-15-10(7-8)13-11(14-15)9-3-1-2-6-16-9/h4-5,7,9H,1-3,6H2. The number of pyridine rings is 1. The number of rotatable bonds is 1. The minimum absolute atomic E-state index is 0.493. The van der Waals surface area contributed by atoms with Crippen LogP contribution < -0.4 is 0 Å². The maximum absolute atomic E-state index is 4.60. The molecule has 1 atom stereocenters. The molecule has 5 heteroatoms. The number of hydrogen-bond donors (Lipinski definition) is 0. The summed E-state index contributed by atoms with van der Waals surface area (Å²) in [6.07, 6.45) is 5.79. The van der Waals surface area contributed by atoms with E-state index in [1.807, 2.05) is 34.6 Å². The summed E-state index contributed by atoms with van der Waals surface area (Å²) >= 11 is 5.44. The molecule has 0 bridgehead atoms. The number of nitrogens with zero attached hydrogens (tertiary/aromatic N) is 3. The lowest BCUT2D eigenvalue weighted by Gasteiger charge is -2.17. The maximum atomic E-state index is 4.60. The average molecular weight is 298 g/mol. The van der Waals surface area contributed by atoms with Crippen LogP contribution in [0.1, 0.15) is 30.3 Å². The van der Waals surface area contributed by atoms with Gasteiger partial charge in [0.2, 0.25) is 0 Å². The zero-order chi connectivity index (χ0) is 11.0. The molecule has 3 heterocycles. The maximum Gasteiger partial charge on any atom is 0.164 e. The van der Waals surface area contributed by atoms with E-state index in [1.54, 1.807) is 0 Å². The van der Waals surface area contributed by atoms with Gasteiger partial charge in [-0.3, -0.25) is 0 Å². The van der Waals surface area contributed by atoms with Crippen molar-refractivity contribution in [2.24, 2.45) is 0 Å². The first kappa shape index (κ1) is 10.6. The Balaban J connectivity index is 1.97. The van der Waals surface area contributed by atoms with Crippen molar-refractivity contribution in [3.63, 3.8) is 0 Å². The molecule has 1 unspecified atom stereocenters.